The number of methoxy groups -OCH3 is 1. The Bertz CT molecular complexity index is 606. The number of aromatic nitrogens is 3. The van der Waals surface area contributed by atoms with E-state index in [9.17, 15) is 4.79 Å². The van der Waals surface area contributed by atoms with Crippen molar-refractivity contribution >= 4 is 22.9 Å². The summed E-state index contributed by atoms with van der Waals surface area (Å²) in [5.41, 5.74) is 1.60. The van der Waals surface area contributed by atoms with Crippen molar-refractivity contribution in [3.05, 3.63) is 18.1 Å². The second kappa shape index (κ2) is 4.85. The van der Waals surface area contributed by atoms with Gasteiger partial charge < -0.3 is 14.5 Å². The van der Waals surface area contributed by atoms with E-state index in [-0.39, 0.29) is 6.10 Å². The maximum Gasteiger partial charge on any atom is 0.412 e. The van der Waals surface area contributed by atoms with Gasteiger partial charge in [0.25, 0.3) is 0 Å². The van der Waals surface area contributed by atoms with Gasteiger partial charge >= 0.3 is 6.09 Å². The van der Waals surface area contributed by atoms with Gasteiger partial charge in [0.05, 0.1) is 30.4 Å². The smallest absolute Gasteiger partial charge is 0.412 e. The van der Waals surface area contributed by atoms with E-state index in [1.165, 1.54) is 7.11 Å². The van der Waals surface area contributed by atoms with Crippen molar-refractivity contribution in [1.82, 2.24) is 15.0 Å². The second-order valence-electron chi connectivity index (χ2n) is 4.37. The summed E-state index contributed by atoms with van der Waals surface area (Å²) in [6.07, 6.45) is 3.20. The molecule has 2 aromatic rings. The minimum Gasteiger partial charge on any atom is -0.453 e. The third-order valence-corrected chi connectivity index (χ3v) is 3.05. The molecule has 0 spiro atoms. The lowest BCUT2D eigenvalue weighted by Crippen LogP contribution is -2.29. The van der Waals surface area contributed by atoms with Crippen LogP contribution in [-0.4, -0.2) is 40.9 Å². The normalized spacial score (nSPS) is 18.1. The molecule has 0 bridgehead atoms. The fourth-order valence-electron chi connectivity index (χ4n) is 1.94. The van der Waals surface area contributed by atoms with Crippen LogP contribution in [0.25, 0.3) is 11.0 Å². The number of hydrogen-bond donors (Lipinski definition) is 2. The van der Waals surface area contributed by atoms with E-state index in [0.717, 1.165) is 36.3 Å². The topological polar surface area (TPSA) is 89.1 Å². The SMILES string of the molecule is COC(=O)Nc1cc2nc(CC3CCO3)[nH]c2cn1. The highest BCUT2D eigenvalue weighted by atomic mass is 16.5. The summed E-state index contributed by atoms with van der Waals surface area (Å²) in [6, 6.07) is 1.70. The number of rotatable bonds is 3. The van der Waals surface area contributed by atoms with Crippen LogP contribution in [0.4, 0.5) is 10.6 Å². The van der Waals surface area contributed by atoms with Crippen molar-refractivity contribution < 1.29 is 14.3 Å². The Labute approximate surface area is 109 Å². The number of pyridine rings is 1. The Hall–Kier alpha value is -2.15. The van der Waals surface area contributed by atoms with Crippen molar-refractivity contribution in [3.63, 3.8) is 0 Å². The molecule has 1 fully saturated rings. The molecule has 7 heteroatoms. The highest BCUT2D eigenvalue weighted by Gasteiger charge is 2.20. The molecule has 3 heterocycles. The molecule has 0 aliphatic carbocycles. The van der Waals surface area contributed by atoms with Gasteiger partial charge in [0, 0.05) is 19.1 Å². The Morgan fingerprint density at radius 3 is 3.21 bits per heavy atom. The number of carbonyl (C=O) groups is 1. The molecule has 1 unspecified atom stereocenters. The molecule has 1 saturated heterocycles. The molecule has 1 aliphatic heterocycles. The van der Waals surface area contributed by atoms with Gasteiger partial charge in [-0.05, 0) is 6.42 Å². The molecule has 0 saturated carbocycles. The van der Waals surface area contributed by atoms with E-state index in [0.29, 0.717) is 5.82 Å². The van der Waals surface area contributed by atoms with Crippen LogP contribution in [0.2, 0.25) is 0 Å². The number of fused-ring (bicyclic) bond motifs is 1. The van der Waals surface area contributed by atoms with E-state index >= 15 is 0 Å². The van der Waals surface area contributed by atoms with Crippen LogP contribution in [-0.2, 0) is 15.9 Å². The number of ether oxygens (including phenoxy) is 2. The van der Waals surface area contributed by atoms with Gasteiger partial charge in [0.1, 0.15) is 11.6 Å². The van der Waals surface area contributed by atoms with E-state index in [2.05, 4.69) is 25.0 Å². The average molecular weight is 262 g/mol. The van der Waals surface area contributed by atoms with Crippen LogP contribution in [0.3, 0.4) is 0 Å². The Morgan fingerprint density at radius 2 is 2.53 bits per heavy atom. The molecule has 1 atom stereocenters. The van der Waals surface area contributed by atoms with Gasteiger partial charge in [-0.15, -0.1) is 0 Å². The fraction of sp³-hybridized carbons (Fsp3) is 0.417. The second-order valence-corrected chi connectivity index (χ2v) is 4.37. The summed E-state index contributed by atoms with van der Waals surface area (Å²) in [4.78, 5) is 22.9. The lowest BCUT2D eigenvalue weighted by atomic mass is 10.1. The molecule has 7 nitrogen and oxygen atoms in total. The fourth-order valence-corrected chi connectivity index (χ4v) is 1.94. The summed E-state index contributed by atoms with van der Waals surface area (Å²) in [5, 5.41) is 2.51. The van der Waals surface area contributed by atoms with Crippen LogP contribution in [0.5, 0.6) is 0 Å². The lowest BCUT2D eigenvalue weighted by molar-refractivity contribution is -0.0500. The largest absolute Gasteiger partial charge is 0.453 e. The van der Waals surface area contributed by atoms with E-state index in [1.807, 2.05) is 0 Å². The van der Waals surface area contributed by atoms with Crippen molar-refractivity contribution in [2.24, 2.45) is 0 Å². The quantitative estimate of drug-likeness (QED) is 0.874. The number of H-pyrrole nitrogens is 1. The monoisotopic (exact) mass is 262 g/mol. The van der Waals surface area contributed by atoms with Crippen LogP contribution in [0, 0.1) is 0 Å². The summed E-state index contributed by atoms with van der Waals surface area (Å²) in [6.45, 7) is 0.833. The summed E-state index contributed by atoms with van der Waals surface area (Å²) in [7, 11) is 1.30. The Kier molecular flexibility index (Phi) is 3.04. The van der Waals surface area contributed by atoms with E-state index in [1.54, 1.807) is 12.3 Å². The number of amides is 1. The molecule has 3 rings (SSSR count). The van der Waals surface area contributed by atoms with Gasteiger partial charge in [0.15, 0.2) is 0 Å². The van der Waals surface area contributed by atoms with Crippen molar-refractivity contribution in [2.75, 3.05) is 19.0 Å². The molecule has 19 heavy (non-hydrogen) atoms. The van der Waals surface area contributed by atoms with Crippen LogP contribution in [0.1, 0.15) is 12.2 Å². The van der Waals surface area contributed by atoms with E-state index < -0.39 is 6.09 Å². The number of nitrogens with one attached hydrogen (secondary N) is 2. The van der Waals surface area contributed by atoms with Crippen LogP contribution >= 0.6 is 0 Å². The van der Waals surface area contributed by atoms with Crippen LogP contribution in [0.15, 0.2) is 12.3 Å². The Morgan fingerprint density at radius 1 is 1.68 bits per heavy atom. The molecular weight excluding hydrogens is 248 g/mol. The minimum absolute atomic E-state index is 0.265. The van der Waals surface area contributed by atoms with Gasteiger partial charge in [-0.3, -0.25) is 5.32 Å². The van der Waals surface area contributed by atoms with Gasteiger partial charge in [0.2, 0.25) is 0 Å². The predicted octanol–water partition coefficient (Wildman–Crippen LogP) is 1.47. The number of hydrogen-bond acceptors (Lipinski definition) is 5. The number of aromatic amines is 1. The third kappa shape index (κ3) is 2.50. The molecule has 2 aromatic heterocycles. The van der Waals surface area contributed by atoms with Crippen molar-refractivity contribution in [3.8, 4) is 0 Å². The zero-order chi connectivity index (χ0) is 13.2. The summed E-state index contributed by atoms with van der Waals surface area (Å²) < 4.78 is 9.88. The first-order chi connectivity index (χ1) is 9.24. The zero-order valence-corrected chi connectivity index (χ0v) is 10.5. The maximum absolute atomic E-state index is 11.1. The molecule has 100 valence electrons. The number of nitrogens with zero attached hydrogens (tertiary/aromatic N) is 2. The standard InChI is InChI=1S/C12H14N4O3/c1-18-12(17)16-10-5-8-9(6-13-10)15-11(14-8)4-7-2-3-19-7/h5-7H,2-4H2,1H3,(H,14,15)(H,13,16,17). The minimum atomic E-state index is -0.550. The number of imidazole rings is 1. The van der Waals surface area contributed by atoms with Crippen LogP contribution < -0.4 is 5.32 Å². The van der Waals surface area contributed by atoms with Crippen molar-refractivity contribution in [1.29, 1.82) is 0 Å². The first-order valence-corrected chi connectivity index (χ1v) is 6.06. The molecule has 0 radical (unpaired) electrons. The first-order valence-electron chi connectivity index (χ1n) is 6.06. The zero-order valence-electron chi connectivity index (χ0n) is 10.5. The average Bonchev–Trinajstić information content (AvgIpc) is 2.75. The van der Waals surface area contributed by atoms with Gasteiger partial charge in [-0.1, -0.05) is 0 Å². The molecule has 2 N–H and O–H groups in total. The summed E-state index contributed by atoms with van der Waals surface area (Å²) >= 11 is 0. The molecule has 1 amide bonds. The molecule has 0 aromatic carbocycles. The predicted molar refractivity (Wildman–Crippen MR) is 68.0 cm³/mol. The highest BCUT2D eigenvalue weighted by molar-refractivity contribution is 5.86. The van der Waals surface area contributed by atoms with E-state index in [4.69, 9.17) is 4.74 Å². The number of carbonyl (C=O) groups excluding carboxylic acids is 1. The first kappa shape index (κ1) is 11.9. The van der Waals surface area contributed by atoms with Crippen molar-refractivity contribution in [2.45, 2.75) is 18.9 Å². The highest BCUT2D eigenvalue weighted by Crippen LogP contribution is 2.19. The number of anilines is 1. The molecular formula is C12H14N4O3. The van der Waals surface area contributed by atoms with Gasteiger partial charge in [-0.25, -0.2) is 14.8 Å². The Balaban J connectivity index is 1.79. The van der Waals surface area contributed by atoms with Gasteiger partial charge in [-0.2, -0.15) is 0 Å². The summed E-state index contributed by atoms with van der Waals surface area (Å²) in [5.74, 6) is 1.29. The molecule has 1 aliphatic rings. The third-order valence-electron chi connectivity index (χ3n) is 3.05. The maximum atomic E-state index is 11.1. The lowest BCUT2D eigenvalue weighted by Gasteiger charge is -2.25.